The minimum atomic E-state index is -0.245. The van der Waals surface area contributed by atoms with Gasteiger partial charge in [-0.05, 0) is 30.0 Å². The third kappa shape index (κ3) is 5.54. The molecule has 0 aliphatic rings. The minimum Gasteiger partial charge on any atom is -0.348 e. The second-order valence-electron chi connectivity index (χ2n) is 6.21. The second kappa shape index (κ2) is 8.87. The highest BCUT2D eigenvalue weighted by Crippen LogP contribution is 2.20. The molecule has 4 heteroatoms. The molecule has 2 aromatic rings. The maximum absolute atomic E-state index is 12.2. The summed E-state index contributed by atoms with van der Waals surface area (Å²) in [6, 6.07) is 18.7. The van der Waals surface area contributed by atoms with Crippen LogP contribution in [0.4, 0.5) is 0 Å². The Bertz CT molecular complexity index is 654. The van der Waals surface area contributed by atoms with Gasteiger partial charge in [0.25, 0.3) is 5.91 Å². The summed E-state index contributed by atoms with van der Waals surface area (Å²) in [4.78, 5) is 24.2. The van der Waals surface area contributed by atoms with E-state index in [0.717, 1.165) is 12.0 Å². The molecule has 0 aliphatic carbocycles. The third-order valence-electron chi connectivity index (χ3n) is 3.69. The van der Waals surface area contributed by atoms with Crippen molar-refractivity contribution >= 4 is 11.8 Å². The van der Waals surface area contributed by atoms with E-state index in [9.17, 15) is 9.59 Å². The molecule has 0 radical (unpaired) electrons. The second-order valence-corrected chi connectivity index (χ2v) is 6.21. The van der Waals surface area contributed by atoms with Gasteiger partial charge in [-0.25, -0.2) is 0 Å². The fraction of sp³-hybridized carbons (Fsp3) is 0.300. The number of benzene rings is 2. The summed E-state index contributed by atoms with van der Waals surface area (Å²) in [6.07, 6.45) is 0.850. The normalized spacial score (nSPS) is 11.8. The van der Waals surface area contributed by atoms with Crippen molar-refractivity contribution in [2.24, 2.45) is 5.92 Å². The molecule has 2 rings (SSSR count). The fourth-order valence-electron chi connectivity index (χ4n) is 2.53. The van der Waals surface area contributed by atoms with E-state index in [1.165, 1.54) is 0 Å². The molecule has 24 heavy (non-hydrogen) atoms. The first-order valence-electron chi connectivity index (χ1n) is 8.24. The van der Waals surface area contributed by atoms with E-state index >= 15 is 0 Å². The number of carbonyl (C=O) groups excluding carboxylic acids is 2. The van der Waals surface area contributed by atoms with Crippen LogP contribution in [-0.4, -0.2) is 18.4 Å². The molecule has 2 amide bonds. The molecule has 2 aromatic carbocycles. The summed E-state index contributed by atoms with van der Waals surface area (Å²) in [7, 11) is 0. The Morgan fingerprint density at radius 2 is 1.50 bits per heavy atom. The lowest BCUT2D eigenvalue weighted by atomic mass is 9.97. The molecule has 1 unspecified atom stereocenters. The summed E-state index contributed by atoms with van der Waals surface area (Å²) in [5, 5.41) is 5.68. The average Bonchev–Trinajstić information content (AvgIpc) is 2.60. The number of carbonyl (C=O) groups is 2. The van der Waals surface area contributed by atoms with Crippen LogP contribution in [0.15, 0.2) is 60.7 Å². The van der Waals surface area contributed by atoms with Gasteiger partial charge in [0.05, 0.1) is 12.6 Å². The highest BCUT2D eigenvalue weighted by atomic mass is 16.2. The van der Waals surface area contributed by atoms with Crippen LogP contribution in [-0.2, 0) is 4.79 Å². The fourth-order valence-corrected chi connectivity index (χ4v) is 2.53. The Labute approximate surface area is 143 Å². The zero-order chi connectivity index (χ0) is 17.4. The van der Waals surface area contributed by atoms with Crippen LogP contribution in [0.1, 0.15) is 42.2 Å². The van der Waals surface area contributed by atoms with Crippen LogP contribution in [0.25, 0.3) is 0 Å². The summed E-state index contributed by atoms with van der Waals surface area (Å²) in [5.74, 6) is 0.0223. The molecule has 0 aromatic heterocycles. The molecule has 0 spiro atoms. The first-order valence-corrected chi connectivity index (χ1v) is 8.24. The smallest absolute Gasteiger partial charge is 0.251 e. The maximum atomic E-state index is 12.2. The summed E-state index contributed by atoms with van der Waals surface area (Å²) in [5.41, 5.74) is 1.63. The van der Waals surface area contributed by atoms with Crippen LogP contribution in [0, 0.1) is 5.92 Å². The molecule has 0 aliphatic heterocycles. The predicted molar refractivity (Wildman–Crippen MR) is 95.6 cm³/mol. The Balaban J connectivity index is 1.92. The highest BCUT2D eigenvalue weighted by molar-refractivity contribution is 5.96. The highest BCUT2D eigenvalue weighted by Gasteiger charge is 2.16. The summed E-state index contributed by atoms with van der Waals surface area (Å²) >= 11 is 0. The number of rotatable bonds is 7. The lowest BCUT2D eigenvalue weighted by molar-refractivity contribution is -0.121. The van der Waals surface area contributed by atoms with Crippen molar-refractivity contribution < 1.29 is 9.59 Å². The molecular formula is C20H24N2O2. The molecule has 0 bridgehead atoms. The van der Waals surface area contributed by atoms with Gasteiger partial charge in [0, 0.05) is 5.56 Å². The predicted octanol–water partition coefficient (Wildman–Crippen LogP) is 3.32. The zero-order valence-corrected chi connectivity index (χ0v) is 14.2. The Hall–Kier alpha value is -2.62. The van der Waals surface area contributed by atoms with Gasteiger partial charge < -0.3 is 10.6 Å². The van der Waals surface area contributed by atoms with Crippen molar-refractivity contribution in [1.82, 2.24) is 10.6 Å². The summed E-state index contributed by atoms with van der Waals surface area (Å²) < 4.78 is 0. The molecule has 4 nitrogen and oxygen atoms in total. The van der Waals surface area contributed by atoms with Gasteiger partial charge in [0.1, 0.15) is 0 Å². The standard InChI is InChI=1S/C20H24N2O2/c1-15(2)13-18(16-9-5-3-6-10-16)22-19(23)14-21-20(24)17-11-7-4-8-12-17/h3-12,15,18H,13-14H2,1-2H3,(H,21,24)(H,22,23). The first kappa shape index (κ1) is 17.7. The van der Waals surface area contributed by atoms with Gasteiger partial charge >= 0.3 is 0 Å². The van der Waals surface area contributed by atoms with Crippen LogP contribution < -0.4 is 10.6 Å². The van der Waals surface area contributed by atoms with E-state index in [4.69, 9.17) is 0 Å². The van der Waals surface area contributed by atoms with E-state index < -0.39 is 0 Å². The average molecular weight is 324 g/mol. The van der Waals surface area contributed by atoms with E-state index in [1.54, 1.807) is 24.3 Å². The van der Waals surface area contributed by atoms with Crippen molar-refractivity contribution in [2.75, 3.05) is 6.54 Å². The van der Waals surface area contributed by atoms with Gasteiger partial charge in [0.2, 0.25) is 5.91 Å². The molecule has 1 atom stereocenters. The SMILES string of the molecule is CC(C)CC(NC(=O)CNC(=O)c1ccccc1)c1ccccc1. The van der Waals surface area contributed by atoms with Gasteiger partial charge in [-0.2, -0.15) is 0 Å². The van der Waals surface area contributed by atoms with E-state index in [0.29, 0.717) is 11.5 Å². The Kier molecular flexibility index (Phi) is 6.55. The van der Waals surface area contributed by atoms with Crippen molar-refractivity contribution in [3.8, 4) is 0 Å². The topological polar surface area (TPSA) is 58.2 Å². The minimum absolute atomic E-state index is 0.0326. The number of hydrogen-bond acceptors (Lipinski definition) is 2. The first-order chi connectivity index (χ1) is 11.6. The number of nitrogens with one attached hydrogen (secondary N) is 2. The van der Waals surface area contributed by atoms with Crippen molar-refractivity contribution in [3.05, 3.63) is 71.8 Å². The molecule has 0 heterocycles. The van der Waals surface area contributed by atoms with Crippen molar-refractivity contribution in [1.29, 1.82) is 0 Å². The van der Waals surface area contributed by atoms with Crippen LogP contribution in [0.5, 0.6) is 0 Å². The van der Waals surface area contributed by atoms with E-state index in [2.05, 4.69) is 24.5 Å². The van der Waals surface area contributed by atoms with Crippen LogP contribution in [0.3, 0.4) is 0 Å². The van der Waals surface area contributed by atoms with E-state index in [1.807, 2.05) is 36.4 Å². The molecular weight excluding hydrogens is 300 g/mol. The van der Waals surface area contributed by atoms with Crippen molar-refractivity contribution in [3.63, 3.8) is 0 Å². The lowest BCUT2D eigenvalue weighted by Crippen LogP contribution is -2.39. The van der Waals surface area contributed by atoms with Gasteiger partial charge in [-0.1, -0.05) is 62.4 Å². The van der Waals surface area contributed by atoms with Crippen LogP contribution >= 0.6 is 0 Å². The summed E-state index contributed by atoms with van der Waals surface area (Å²) in [6.45, 7) is 4.22. The third-order valence-corrected chi connectivity index (χ3v) is 3.69. The van der Waals surface area contributed by atoms with E-state index in [-0.39, 0.29) is 24.4 Å². The quantitative estimate of drug-likeness (QED) is 0.821. The largest absolute Gasteiger partial charge is 0.348 e. The molecule has 0 saturated carbocycles. The van der Waals surface area contributed by atoms with Crippen LogP contribution in [0.2, 0.25) is 0 Å². The van der Waals surface area contributed by atoms with Gasteiger partial charge in [-0.3, -0.25) is 9.59 Å². The Morgan fingerprint density at radius 1 is 0.917 bits per heavy atom. The van der Waals surface area contributed by atoms with Gasteiger partial charge in [0.15, 0.2) is 0 Å². The lowest BCUT2D eigenvalue weighted by Gasteiger charge is -2.21. The maximum Gasteiger partial charge on any atom is 0.251 e. The molecule has 0 saturated heterocycles. The Morgan fingerprint density at radius 3 is 2.08 bits per heavy atom. The zero-order valence-electron chi connectivity index (χ0n) is 14.2. The number of hydrogen-bond donors (Lipinski definition) is 2. The molecule has 2 N–H and O–H groups in total. The molecule has 126 valence electrons. The van der Waals surface area contributed by atoms with Crippen molar-refractivity contribution in [2.45, 2.75) is 26.3 Å². The molecule has 0 fully saturated rings. The number of amides is 2. The monoisotopic (exact) mass is 324 g/mol. The van der Waals surface area contributed by atoms with Gasteiger partial charge in [-0.15, -0.1) is 0 Å².